The molecule has 3 N–H and O–H groups in total. The Hall–Kier alpha value is -2.67. The summed E-state index contributed by atoms with van der Waals surface area (Å²) in [5.41, 5.74) is 7.65. The molecule has 1 aliphatic heterocycles. The van der Waals surface area contributed by atoms with Crippen molar-refractivity contribution in [2.75, 3.05) is 45.2 Å². The molecule has 0 amide bonds. The minimum absolute atomic E-state index is 0.227. The van der Waals surface area contributed by atoms with Gasteiger partial charge in [0.2, 0.25) is 0 Å². The van der Waals surface area contributed by atoms with Gasteiger partial charge in [0.25, 0.3) is 0 Å². The van der Waals surface area contributed by atoms with Crippen LogP contribution < -0.4 is 10.5 Å². The normalized spacial score (nSPS) is 16.2. The predicted octanol–water partition coefficient (Wildman–Crippen LogP) is 2.56. The Labute approximate surface area is 164 Å². The van der Waals surface area contributed by atoms with Gasteiger partial charge >= 0.3 is 0 Å². The third-order valence-electron chi connectivity index (χ3n) is 4.97. The molecule has 1 fully saturated rings. The number of nitrogens with zero attached hydrogens (tertiary/aromatic N) is 2. The molecule has 1 aliphatic rings. The van der Waals surface area contributed by atoms with Gasteiger partial charge in [-0.15, -0.1) is 0 Å². The predicted molar refractivity (Wildman–Crippen MR) is 110 cm³/mol. The van der Waals surface area contributed by atoms with Gasteiger partial charge in [-0.1, -0.05) is 30.3 Å². The molecule has 28 heavy (non-hydrogen) atoms. The summed E-state index contributed by atoms with van der Waals surface area (Å²) in [6.45, 7) is 3.92. The second-order valence-electron chi connectivity index (χ2n) is 7.01. The number of hydrogen-bond donors (Lipinski definition) is 2. The zero-order valence-electron chi connectivity index (χ0n) is 15.8. The highest BCUT2D eigenvalue weighted by atomic mass is 16.5. The van der Waals surface area contributed by atoms with Gasteiger partial charge in [-0.25, -0.2) is 4.98 Å². The number of aliphatic hydroxyl groups excluding tert-OH is 1. The van der Waals surface area contributed by atoms with E-state index in [0.717, 1.165) is 40.7 Å². The molecule has 4 rings (SSSR count). The Morgan fingerprint density at radius 3 is 2.71 bits per heavy atom. The average molecular weight is 379 g/mol. The van der Waals surface area contributed by atoms with Gasteiger partial charge in [0.05, 0.1) is 13.2 Å². The van der Waals surface area contributed by atoms with E-state index in [1.54, 1.807) is 12.3 Å². The molecule has 1 unspecified atom stereocenters. The minimum atomic E-state index is -0.568. The number of nitrogen functional groups attached to an aromatic ring is 1. The summed E-state index contributed by atoms with van der Waals surface area (Å²) in [7, 11) is 0. The van der Waals surface area contributed by atoms with Crippen molar-refractivity contribution in [3.8, 4) is 16.9 Å². The Morgan fingerprint density at radius 1 is 1.11 bits per heavy atom. The van der Waals surface area contributed by atoms with Gasteiger partial charge in [0.1, 0.15) is 24.3 Å². The second kappa shape index (κ2) is 8.56. The Bertz CT molecular complexity index is 924. The maximum absolute atomic E-state index is 10.4. The molecule has 6 heteroatoms. The number of fused-ring (bicyclic) bond motifs is 1. The van der Waals surface area contributed by atoms with Gasteiger partial charge in [-0.05, 0) is 29.0 Å². The average Bonchev–Trinajstić information content (AvgIpc) is 2.73. The lowest BCUT2D eigenvalue weighted by atomic mass is 9.98. The lowest BCUT2D eigenvalue weighted by Gasteiger charge is -2.28. The molecule has 1 atom stereocenters. The molecular weight excluding hydrogens is 354 g/mol. The van der Waals surface area contributed by atoms with Crippen molar-refractivity contribution in [1.29, 1.82) is 0 Å². The molecule has 0 radical (unpaired) electrons. The zero-order valence-corrected chi connectivity index (χ0v) is 15.8. The molecule has 2 heterocycles. The first-order valence-corrected chi connectivity index (χ1v) is 9.55. The standard InChI is InChI=1S/C22H25N3O3/c23-21-8-6-17(13-24-21)22-19-4-2-1-3-16(19)5-7-20(22)28-15-18(26)14-25-9-11-27-12-10-25/h1-8,13,18,26H,9-12,14-15H2,(H2,23,24). The van der Waals surface area contributed by atoms with Crippen molar-refractivity contribution in [2.24, 2.45) is 0 Å². The second-order valence-corrected chi connectivity index (χ2v) is 7.01. The Balaban J connectivity index is 1.57. The van der Waals surface area contributed by atoms with Crippen LogP contribution in [0.4, 0.5) is 5.82 Å². The fourth-order valence-corrected chi connectivity index (χ4v) is 3.54. The van der Waals surface area contributed by atoms with E-state index in [1.165, 1.54) is 0 Å². The highest BCUT2D eigenvalue weighted by molar-refractivity contribution is 5.99. The van der Waals surface area contributed by atoms with Gasteiger partial charge in [0.15, 0.2) is 0 Å². The van der Waals surface area contributed by atoms with E-state index in [4.69, 9.17) is 15.2 Å². The monoisotopic (exact) mass is 379 g/mol. The fourth-order valence-electron chi connectivity index (χ4n) is 3.54. The molecule has 0 bridgehead atoms. The van der Waals surface area contributed by atoms with Gasteiger partial charge in [0, 0.05) is 37.0 Å². The van der Waals surface area contributed by atoms with Crippen molar-refractivity contribution in [3.05, 3.63) is 54.7 Å². The van der Waals surface area contributed by atoms with E-state index < -0.39 is 6.10 Å². The Kier molecular flexibility index (Phi) is 5.71. The van der Waals surface area contributed by atoms with Crippen molar-refractivity contribution in [1.82, 2.24) is 9.88 Å². The number of β-amino-alcohol motifs (C(OH)–C–C–N with tert-alkyl or cyclic N) is 1. The summed E-state index contributed by atoms with van der Waals surface area (Å²) in [6.07, 6.45) is 1.19. The van der Waals surface area contributed by atoms with Crippen LogP contribution in [0.1, 0.15) is 0 Å². The smallest absolute Gasteiger partial charge is 0.127 e. The van der Waals surface area contributed by atoms with Crippen LogP contribution in [0.25, 0.3) is 21.9 Å². The number of aromatic nitrogens is 1. The van der Waals surface area contributed by atoms with Gasteiger partial charge in [-0.2, -0.15) is 0 Å². The Morgan fingerprint density at radius 2 is 1.93 bits per heavy atom. The number of rotatable bonds is 6. The number of hydrogen-bond acceptors (Lipinski definition) is 6. The van der Waals surface area contributed by atoms with E-state index in [-0.39, 0.29) is 6.61 Å². The molecule has 146 valence electrons. The van der Waals surface area contributed by atoms with Crippen LogP contribution in [0.5, 0.6) is 5.75 Å². The quantitative estimate of drug-likeness (QED) is 0.685. The topological polar surface area (TPSA) is 80.8 Å². The van der Waals surface area contributed by atoms with Crippen LogP contribution in [-0.4, -0.2) is 60.5 Å². The molecular formula is C22H25N3O3. The maximum atomic E-state index is 10.4. The summed E-state index contributed by atoms with van der Waals surface area (Å²) in [4.78, 5) is 6.43. The minimum Gasteiger partial charge on any atom is -0.490 e. The molecule has 3 aromatic rings. The van der Waals surface area contributed by atoms with Crippen LogP contribution in [0.15, 0.2) is 54.7 Å². The van der Waals surface area contributed by atoms with Gasteiger partial charge < -0.3 is 20.3 Å². The van der Waals surface area contributed by atoms with Gasteiger partial charge in [-0.3, -0.25) is 4.90 Å². The van der Waals surface area contributed by atoms with Crippen LogP contribution >= 0.6 is 0 Å². The lowest BCUT2D eigenvalue weighted by molar-refractivity contribution is 0.00472. The molecule has 0 aliphatic carbocycles. The maximum Gasteiger partial charge on any atom is 0.127 e. The molecule has 0 saturated carbocycles. The summed E-state index contributed by atoms with van der Waals surface area (Å²) < 4.78 is 11.4. The van der Waals surface area contributed by atoms with Crippen molar-refractivity contribution in [2.45, 2.75) is 6.10 Å². The zero-order chi connectivity index (χ0) is 19.3. The highest BCUT2D eigenvalue weighted by Gasteiger charge is 2.17. The largest absolute Gasteiger partial charge is 0.490 e. The number of benzene rings is 2. The van der Waals surface area contributed by atoms with E-state index in [0.29, 0.717) is 25.6 Å². The molecule has 2 aromatic carbocycles. The summed E-state index contributed by atoms with van der Waals surface area (Å²) in [6, 6.07) is 15.9. The van der Waals surface area contributed by atoms with Crippen LogP contribution in [0.2, 0.25) is 0 Å². The van der Waals surface area contributed by atoms with Crippen LogP contribution in [0.3, 0.4) is 0 Å². The third kappa shape index (κ3) is 4.25. The first kappa shape index (κ1) is 18.7. The molecule has 6 nitrogen and oxygen atoms in total. The van der Waals surface area contributed by atoms with Crippen LogP contribution in [-0.2, 0) is 4.74 Å². The summed E-state index contributed by atoms with van der Waals surface area (Å²) >= 11 is 0. The van der Waals surface area contributed by atoms with E-state index in [2.05, 4.69) is 22.0 Å². The first-order chi connectivity index (χ1) is 13.7. The van der Waals surface area contributed by atoms with E-state index in [9.17, 15) is 5.11 Å². The summed E-state index contributed by atoms with van der Waals surface area (Å²) in [5, 5.41) is 12.6. The van der Waals surface area contributed by atoms with Crippen molar-refractivity contribution in [3.63, 3.8) is 0 Å². The molecule has 1 aromatic heterocycles. The van der Waals surface area contributed by atoms with Crippen molar-refractivity contribution >= 4 is 16.6 Å². The fraction of sp³-hybridized carbons (Fsp3) is 0.318. The molecule has 1 saturated heterocycles. The third-order valence-corrected chi connectivity index (χ3v) is 4.97. The number of anilines is 1. The SMILES string of the molecule is Nc1ccc(-c2c(OCC(O)CN3CCOCC3)ccc3ccccc23)cn1. The number of morpholine rings is 1. The number of pyridine rings is 1. The first-order valence-electron chi connectivity index (χ1n) is 9.55. The highest BCUT2D eigenvalue weighted by Crippen LogP contribution is 2.37. The summed E-state index contributed by atoms with van der Waals surface area (Å²) in [5.74, 6) is 1.21. The molecule has 0 spiro atoms. The number of ether oxygens (including phenoxy) is 2. The number of aliphatic hydroxyl groups is 1. The lowest BCUT2D eigenvalue weighted by Crippen LogP contribution is -2.42. The van der Waals surface area contributed by atoms with E-state index in [1.807, 2.05) is 30.3 Å². The van der Waals surface area contributed by atoms with Crippen molar-refractivity contribution < 1.29 is 14.6 Å². The van der Waals surface area contributed by atoms with Crippen LogP contribution in [0, 0.1) is 0 Å². The van der Waals surface area contributed by atoms with E-state index >= 15 is 0 Å². The number of nitrogens with two attached hydrogens (primary N) is 1.